The molecule has 0 saturated carbocycles. The first-order chi connectivity index (χ1) is 10.9. The maximum absolute atomic E-state index is 12.8. The number of nitrogens with one attached hydrogen (secondary N) is 1. The van der Waals surface area contributed by atoms with E-state index >= 15 is 0 Å². The Morgan fingerprint density at radius 3 is 2.33 bits per heavy atom. The van der Waals surface area contributed by atoms with Crippen LogP contribution in [0.5, 0.6) is 0 Å². The number of aromatic nitrogens is 2. The van der Waals surface area contributed by atoms with Gasteiger partial charge in [0.1, 0.15) is 5.82 Å². The highest BCUT2D eigenvalue weighted by molar-refractivity contribution is 14.1. The molecule has 2 rings (SSSR count). The number of rotatable bonds is 2. The summed E-state index contributed by atoms with van der Waals surface area (Å²) in [5.74, 6) is 0.628. The van der Waals surface area contributed by atoms with E-state index in [1.807, 2.05) is 35.9 Å². The molecule has 130 valence electrons. The van der Waals surface area contributed by atoms with Crippen molar-refractivity contribution >= 4 is 34.3 Å². The highest BCUT2D eigenvalue weighted by atomic mass is 127. The first kappa shape index (κ1) is 19.0. The molecule has 0 atom stereocenters. The SMILES string of the molecule is Cc1cccc(C(=O)Nc2cc(C(C)(C)C)nn2C(C)(C)C)c1I. The van der Waals surface area contributed by atoms with E-state index in [0.717, 1.165) is 20.6 Å². The third kappa shape index (κ3) is 3.99. The van der Waals surface area contributed by atoms with Crippen LogP contribution in [0.1, 0.15) is 63.2 Å². The van der Waals surface area contributed by atoms with Crippen LogP contribution in [0.15, 0.2) is 24.3 Å². The minimum absolute atomic E-state index is 0.0757. The van der Waals surface area contributed by atoms with E-state index in [9.17, 15) is 4.79 Å². The van der Waals surface area contributed by atoms with E-state index in [4.69, 9.17) is 5.10 Å². The number of carbonyl (C=O) groups excluding carboxylic acids is 1. The van der Waals surface area contributed by atoms with Crippen LogP contribution in [0.4, 0.5) is 5.82 Å². The van der Waals surface area contributed by atoms with Gasteiger partial charge in [-0.1, -0.05) is 32.9 Å². The zero-order valence-corrected chi connectivity index (χ0v) is 17.6. The van der Waals surface area contributed by atoms with Gasteiger partial charge in [0.05, 0.1) is 16.8 Å². The van der Waals surface area contributed by atoms with Crippen molar-refractivity contribution in [3.05, 3.63) is 44.7 Å². The van der Waals surface area contributed by atoms with Crippen molar-refractivity contribution in [1.82, 2.24) is 9.78 Å². The Labute approximate surface area is 158 Å². The second-order valence-electron chi connectivity index (χ2n) is 8.14. The first-order valence-electron chi connectivity index (χ1n) is 8.09. The van der Waals surface area contributed by atoms with E-state index < -0.39 is 0 Å². The third-order valence-electron chi connectivity index (χ3n) is 3.79. The number of halogens is 1. The number of carbonyl (C=O) groups is 1. The Morgan fingerprint density at radius 2 is 1.79 bits per heavy atom. The molecule has 24 heavy (non-hydrogen) atoms. The molecule has 5 heteroatoms. The number of hydrogen-bond acceptors (Lipinski definition) is 2. The molecule has 0 bridgehead atoms. The average molecular weight is 439 g/mol. The van der Waals surface area contributed by atoms with Crippen LogP contribution in [-0.4, -0.2) is 15.7 Å². The topological polar surface area (TPSA) is 46.9 Å². The monoisotopic (exact) mass is 439 g/mol. The fourth-order valence-corrected chi connectivity index (χ4v) is 2.96. The van der Waals surface area contributed by atoms with Crippen molar-refractivity contribution in [2.45, 2.75) is 59.4 Å². The van der Waals surface area contributed by atoms with Crippen molar-refractivity contribution in [3.63, 3.8) is 0 Å². The lowest BCUT2D eigenvalue weighted by Gasteiger charge is -2.23. The van der Waals surface area contributed by atoms with E-state index in [1.165, 1.54) is 0 Å². The molecule has 1 aromatic heterocycles. The zero-order valence-electron chi connectivity index (χ0n) is 15.5. The number of amides is 1. The van der Waals surface area contributed by atoms with Crippen molar-refractivity contribution in [1.29, 1.82) is 0 Å². The van der Waals surface area contributed by atoms with Crippen molar-refractivity contribution in [3.8, 4) is 0 Å². The molecule has 1 heterocycles. The van der Waals surface area contributed by atoms with Gasteiger partial charge in [-0.2, -0.15) is 5.10 Å². The summed E-state index contributed by atoms with van der Waals surface area (Å²) in [5.41, 5.74) is 2.46. The molecule has 0 radical (unpaired) electrons. The van der Waals surface area contributed by atoms with Crippen LogP contribution in [0, 0.1) is 10.5 Å². The first-order valence-corrected chi connectivity index (χ1v) is 9.16. The second-order valence-corrected chi connectivity index (χ2v) is 9.22. The minimum atomic E-state index is -0.216. The smallest absolute Gasteiger partial charge is 0.257 e. The fraction of sp³-hybridized carbons (Fsp3) is 0.474. The third-order valence-corrected chi connectivity index (χ3v) is 5.22. The fourth-order valence-electron chi connectivity index (χ4n) is 2.35. The van der Waals surface area contributed by atoms with E-state index in [1.54, 1.807) is 0 Å². The van der Waals surface area contributed by atoms with Gasteiger partial charge in [-0.3, -0.25) is 4.79 Å². The van der Waals surface area contributed by atoms with Crippen molar-refractivity contribution in [2.24, 2.45) is 0 Å². The summed E-state index contributed by atoms with van der Waals surface area (Å²) in [6, 6.07) is 7.75. The molecular weight excluding hydrogens is 413 g/mol. The molecule has 0 aliphatic rings. The lowest BCUT2D eigenvalue weighted by atomic mass is 9.92. The molecule has 2 aromatic rings. The van der Waals surface area contributed by atoms with Gasteiger partial charge in [-0.05, 0) is 61.9 Å². The Kier molecular flexibility index (Phi) is 5.14. The molecule has 0 aliphatic heterocycles. The molecular formula is C19H26IN3O. The van der Waals surface area contributed by atoms with Gasteiger partial charge in [0.15, 0.2) is 0 Å². The van der Waals surface area contributed by atoms with Crippen LogP contribution in [0.25, 0.3) is 0 Å². The standard InChI is InChI=1S/C19H26IN3O/c1-12-9-8-10-13(16(12)20)17(24)21-15-11-14(18(2,3)4)22-23(15)19(5,6)7/h8-11H,1-7H3,(H,21,24). The summed E-state index contributed by atoms with van der Waals surface area (Å²) in [6.07, 6.45) is 0. The Bertz CT molecular complexity index is 764. The summed E-state index contributed by atoms with van der Waals surface area (Å²) in [7, 11) is 0. The van der Waals surface area contributed by atoms with Crippen molar-refractivity contribution < 1.29 is 4.79 Å². The zero-order chi connectivity index (χ0) is 18.3. The molecule has 0 unspecified atom stereocenters. The number of anilines is 1. The largest absolute Gasteiger partial charge is 0.307 e. The lowest BCUT2D eigenvalue weighted by Crippen LogP contribution is -2.27. The molecule has 0 fully saturated rings. The van der Waals surface area contributed by atoms with Gasteiger partial charge in [0.2, 0.25) is 0 Å². The summed E-state index contributed by atoms with van der Waals surface area (Å²) in [6.45, 7) is 14.6. The highest BCUT2D eigenvalue weighted by Gasteiger charge is 2.26. The van der Waals surface area contributed by atoms with Gasteiger partial charge in [0.25, 0.3) is 5.91 Å². The number of nitrogens with zero attached hydrogens (tertiary/aromatic N) is 2. The maximum Gasteiger partial charge on any atom is 0.257 e. The Balaban J connectivity index is 2.43. The molecule has 1 amide bonds. The van der Waals surface area contributed by atoms with Crippen LogP contribution >= 0.6 is 22.6 Å². The molecule has 1 N–H and O–H groups in total. The van der Waals surface area contributed by atoms with Crippen molar-refractivity contribution in [2.75, 3.05) is 5.32 Å². The summed E-state index contributed by atoms with van der Waals surface area (Å²) >= 11 is 2.22. The molecule has 4 nitrogen and oxygen atoms in total. The quantitative estimate of drug-likeness (QED) is 0.662. The van der Waals surface area contributed by atoms with Gasteiger partial charge in [-0.25, -0.2) is 4.68 Å². The summed E-state index contributed by atoms with van der Waals surface area (Å²) in [5, 5.41) is 7.79. The van der Waals surface area contributed by atoms with E-state index in [2.05, 4.69) is 69.5 Å². The minimum Gasteiger partial charge on any atom is -0.307 e. The predicted octanol–water partition coefficient (Wildman–Crippen LogP) is 5.10. The lowest BCUT2D eigenvalue weighted by molar-refractivity contribution is 0.102. The second kappa shape index (κ2) is 6.50. The molecule has 0 aliphatic carbocycles. The predicted molar refractivity (Wildman–Crippen MR) is 108 cm³/mol. The summed E-state index contributed by atoms with van der Waals surface area (Å²) < 4.78 is 2.87. The van der Waals surface area contributed by atoms with Crippen LogP contribution < -0.4 is 5.32 Å². The van der Waals surface area contributed by atoms with Gasteiger partial charge in [0, 0.05) is 15.1 Å². The maximum atomic E-state index is 12.8. The molecule has 0 saturated heterocycles. The molecule has 1 aromatic carbocycles. The number of benzene rings is 1. The van der Waals surface area contributed by atoms with Crippen LogP contribution in [0.2, 0.25) is 0 Å². The Morgan fingerprint density at radius 1 is 1.17 bits per heavy atom. The highest BCUT2D eigenvalue weighted by Crippen LogP contribution is 2.29. The number of hydrogen-bond donors (Lipinski definition) is 1. The van der Waals surface area contributed by atoms with Gasteiger partial charge >= 0.3 is 0 Å². The average Bonchev–Trinajstić information content (AvgIpc) is 2.85. The normalized spacial score (nSPS) is 12.3. The number of aryl methyl sites for hydroxylation is 1. The van der Waals surface area contributed by atoms with Crippen LogP contribution in [0.3, 0.4) is 0 Å². The van der Waals surface area contributed by atoms with Gasteiger partial charge < -0.3 is 5.32 Å². The van der Waals surface area contributed by atoms with E-state index in [-0.39, 0.29) is 16.9 Å². The van der Waals surface area contributed by atoms with Crippen LogP contribution in [-0.2, 0) is 11.0 Å². The molecule has 0 spiro atoms. The van der Waals surface area contributed by atoms with Gasteiger partial charge in [-0.15, -0.1) is 0 Å². The summed E-state index contributed by atoms with van der Waals surface area (Å²) in [4.78, 5) is 12.8. The van der Waals surface area contributed by atoms with E-state index in [0.29, 0.717) is 5.56 Å². The Hall–Kier alpha value is -1.37.